The monoisotopic (exact) mass is 741 g/mol. The highest BCUT2D eigenvalue weighted by Gasteiger charge is 2.46. The van der Waals surface area contributed by atoms with Crippen LogP contribution in [-0.2, 0) is 18.3 Å². The van der Waals surface area contributed by atoms with Crippen molar-refractivity contribution in [3.63, 3.8) is 0 Å². The number of hydrogen-bond donors (Lipinski definition) is 0. The number of anilines is 3. The van der Waals surface area contributed by atoms with Crippen molar-refractivity contribution in [1.29, 1.82) is 0 Å². The maximum atomic E-state index is 2.52. The molecular formula is C57H43N. The van der Waals surface area contributed by atoms with Crippen molar-refractivity contribution in [2.75, 3.05) is 4.90 Å². The number of hydrogen-bond acceptors (Lipinski definition) is 1. The van der Waals surface area contributed by atoms with Gasteiger partial charge < -0.3 is 4.90 Å². The lowest BCUT2D eigenvalue weighted by Gasteiger charge is -2.35. The molecule has 0 saturated heterocycles. The van der Waals surface area contributed by atoms with Gasteiger partial charge >= 0.3 is 0 Å². The van der Waals surface area contributed by atoms with Crippen LogP contribution in [0.2, 0.25) is 0 Å². The SMILES string of the molecule is c1ccc(N(c2cc3c(cc2-c2ccc(-c4ccc5c(c4)CCCC5)cc2)-c2ccccc2C3(c2ccccc2)c2ccccc2)c2cccc3ccccc23)cc1. The molecule has 0 heterocycles. The van der Waals surface area contributed by atoms with E-state index in [0.29, 0.717) is 0 Å². The van der Waals surface area contributed by atoms with Crippen LogP contribution in [0.3, 0.4) is 0 Å². The zero-order valence-corrected chi connectivity index (χ0v) is 32.5. The highest BCUT2D eigenvalue weighted by Crippen LogP contribution is 2.59. The van der Waals surface area contributed by atoms with Gasteiger partial charge in [-0.2, -0.15) is 0 Å². The Kier molecular flexibility index (Phi) is 8.40. The Morgan fingerprint density at radius 3 is 1.72 bits per heavy atom. The van der Waals surface area contributed by atoms with Gasteiger partial charge in [-0.05, 0) is 123 Å². The van der Waals surface area contributed by atoms with Gasteiger partial charge in [0.2, 0.25) is 0 Å². The van der Waals surface area contributed by atoms with Crippen LogP contribution in [-0.4, -0.2) is 0 Å². The minimum atomic E-state index is -0.529. The van der Waals surface area contributed by atoms with Gasteiger partial charge in [0.15, 0.2) is 0 Å². The summed E-state index contributed by atoms with van der Waals surface area (Å²) in [6, 6.07) is 79.2. The van der Waals surface area contributed by atoms with Crippen LogP contribution in [0.1, 0.15) is 46.2 Å². The molecule has 58 heavy (non-hydrogen) atoms. The van der Waals surface area contributed by atoms with E-state index < -0.39 is 5.41 Å². The molecule has 0 aliphatic heterocycles. The average Bonchev–Trinajstić information content (AvgIpc) is 3.60. The number of benzene rings is 9. The summed E-state index contributed by atoms with van der Waals surface area (Å²) in [5.74, 6) is 0. The predicted octanol–water partition coefficient (Wildman–Crippen LogP) is 14.9. The van der Waals surface area contributed by atoms with Gasteiger partial charge in [0.1, 0.15) is 0 Å². The second kappa shape index (κ2) is 14.2. The van der Waals surface area contributed by atoms with Crippen molar-refractivity contribution >= 4 is 27.8 Å². The van der Waals surface area contributed by atoms with Crippen molar-refractivity contribution in [2.45, 2.75) is 31.1 Å². The summed E-state index contributed by atoms with van der Waals surface area (Å²) >= 11 is 0. The Morgan fingerprint density at radius 1 is 0.362 bits per heavy atom. The summed E-state index contributed by atoms with van der Waals surface area (Å²) in [5, 5.41) is 2.43. The minimum Gasteiger partial charge on any atom is -0.309 e. The molecule has 0 radical (unpaired) electrons. The smallest absolute Gasteiger partial charge is 0.0714 e. The van der Waals surface area contributed by atoms with Gasteiger partial charge in [-0.1, -0.05) is 182 Å². The number of fused-ring (bicyclic) bond motifs is 5. The van der Waals surface area contributed by atoms with E-state index in [1.54, 1.807) is 0 Å². The van der Waals surface area contributed by atoms with E-state index in [-0.39, 0.29) is 0 Å². The second-order valence-corrected chi connectivity index (χ2v) is 15.9. The Morgan fingerprint density at radius 2 is 0.966 bits per heavy atom. The molecule has 0 saturated carbocycles. The third kappa shape index (κ3) is 5.53. The quantitative estimate of drug-likeness (QED) is 0.157. The van der Waals surface area contributed by atoms with Crippen LogP contribution in [0.4, 0.5) is 17.1 Å². The molecule has 9 aromatic rings. The van der Waals surface area contributed by atoms with Crippen LogP contribution >= 0.6 is 0 Å². The molecule has 0 fully saturated rings. The Labute approximate surface area is 341 Å². The zero-order valence-electron chi connectivity index (χ0n) is 32.5. The molecule has 2 aliphatic carbocycles. The van der Waals surface area contributed by atoms with Crippen molar-refractivity contribution in [2.24, 2.45) is 0 Å². The summed E-state index contributed by atoms with van der Waals surface area (Å²) in [6.45, 7) is 0. The summed E-state index contributed by atoms with van der Waals surface area (Å²) < 4.78 is 0. The number of para-hydroxylation sites is 1. The van der Waals surface area contributed by atoms with Crippen LogP contribution in [0.15, 0.2) is 212 Å². The summed E-state index contributed by atoms with van der Waals surface area (Å²) in [5.41, 5.74) is 18.5. The molecule has 1 nitrogen and oxygen atoms in total. The van der Waals surface area contributed by atoms with E-state index in [1.165, 1.54) is 103 Å². The fourth-order valence-electron chi connectivity index (χ4n) is 10.0. The lowest BCUT2D eigenvalue weighted by molar-refractivity contribution is 0.686. The van der Waals surface area contributed by atoms with Crippen molar-refractivity contribution < 1.29 is 0 Å². The fraction of sp³-hybridized carbons (Fsp3) is 0.0877. The molecule has 0 spiro atoms. The first-order valence-corrected chi connectivity index (χ1v) is 20.7. The first-order valence-electron chi connectivity index (χ1n) is 20.7. The normalized spacial score (nSPS) is 13.7. The molecule has 0 aromatic heterocycles. The number of rotatable bonds is 7. The summed E-state index contributed by atoms with van der Waals surface area (Å²) in [6.07, 6.45) is 4.96. The van der Waals surface area contributed by atoms with Gasteiger partial charge in [-0.25, -0.2) is 0 Å². The first kappa shape index (κ1) is 34.3. The van der Waals surface area contributed by atoms with Crippen LogP contribution in [0.25, 0.3) is 44.2 Å². The van der Waals surface area contributed by atoms with Crippen LogP contribution in [0, 0.1) is 0 Å². The van der Waals surface area contributed by atoms with Crippen molar-refractivity contribution in [1.82, 2.24) is 0 Å². The van der Waals surface area contributed by atoms with E-state index in [1.807, 2.05) is 0 Å². The summed E-state index contributed by atoms with van der Waals surface area (Å²) in [4.78, 5) is 2.50. The standard InChI is InChI=1S/C57H43N/c1-4-21-46(22-5-1)57(47-23-6-2-7-24-47)53-29-15-14-28-50(53)52-38-51(43-34-31-41(32-35-43)45-36-33-40-17-10-11-19-44(40)37-45)56(39-54(52)57)58(48-25-8-3-9-26-48)55-30-16-20-42-18-12-13-27-49(42)55/h1-9,12-16,18,20-39H,10-11,17,19H2. The Hall–Kier alpha value is -6.96. The zero-order chi connectivity index (χ0) is 38.5. The molecule has 0 N–H and O–H groups in total. The maximum absolute atomic E-state index is 2.52. The van der Waals surface area contributed by atoms with E-state index >= 15 is 0 Å². The predicted molar refractivity (Wildman–Crippen MR) is 243 cm³/mol. The van der Waals surface area contributed by atoms with Crippen LogP contribution < -0.4 is 4.90 Å². The van der Waals surface area contributed by atoms with Gasteiger partial charge in [-0.15, -0.1) is 0 Å². The highest BCUT2D eigenvalue weighted by atomic mass is 15.1. The lowest BCUT2D eigenvalue weighted by Crippen LogP contribution is -2.28. The largest absolute Gasteiger partial charge is 0.309 e. The lowest BCUT2D eigenvalue weighted by atomic mass is 9.67. The van der Waals surface area contributed by atoms with Crippen molar-refractivity contribution in [3.05, 3.63) is 246 Å². The topological polar surface area (TPSA) is 3.24 Å². The minimum absolute atomic E-state index is 0.529. The van der Waals surface area contributed by atoms with E-state index in [2.05, 4.69) is 217 Å². The molecule has 0 unspecified atom stereocenters. The maximum Gasteiger partial charge on any atom is 0.0714 e. The third-order valence-electron chi connectivity index (χ3n) is 12.7. The molecular weight excluding hydrogens is 699 g/mol. The van der Waals surface area contributed by atoms with Crippen molar-refractivity contribution in [3.8, 4) is 33.4 Å². The van der Waals surface area contributed by atoms with Gasteiger partial charge in [0.05, 0.1) is 16.8 Å². The molecule has 0 amide bonds. The molecule has 2 aliphatic rings. The van der Waals surface area contributed by atoms with Gasteiger partial charge in [0, 0.05) is 16.6 Å². The molecule has 11 rings (SSSR count). The molecule has 9 aromatic carbocycles. The molecule has 276 valence electrons. The van der Waals surface area contributed by atoms with Gasteiger partial charge in [0.25, 0.3) is 0 Å². The average molecular weight is 742 g/mol. The van der Waals surface area contributed by atoms with E-state index in [0.717, 1.165) is 17.1 Å². The first-order chi connectivity index (χ1) is 28.8. The Bertz CT molecular complexity index is 2880. The van der Waals surface area contributed by atoms with E-state index in [9.17, 15) is 0 Å². The molecule has 0 atom stereocenters. The molecule has 0 bridgehead atoms. The second-order valence-electron chi connectivity index (χ2n) is 15.9. The summed E-state index contributed by atoms with van der Waals surface area (Å²) in [7, 11) is 0. The number of aryl methyl sites for hydroxylation is 2. The molecule has 1 heteroatoms. The number of nitrogens with zero attached hydrogens (tertiary/aromatic N) is 1. The van der Waals surface area contributed by atoms with Gasteiger partial charge in [-0.3, -0.25) is 0 Å². The third-order valence-corrected chi connectivity index (χ3v) is 12.7. The Balaban J connectivity index is 1.21. The highest BCUT2D eigenvalue weighted by molar-refractivity contribution is 6.03. The van der Waals surface area contributed by atoms with E-state index in [4.69, 9.17) is 0 Å². The fourth-order valence-corrected chi connectivity index (χ4v) is 10.0. The van der Waals surface area contributed by atoms with Crippen LogP contribution in [0.5, 0.6) is 0 Å².